The lowest BCUT2D eigenvalue weighted by Crippen LogP contribution is -2.35. The minimum atomic E-state index is -4.06. The van der Waals surface area contributed by atoms with Crippen molar-refractivity contribution < 1.29 is 22.6 Å². The van der Waals surface area contributed by atoms with Crippen molar-refractivity contribution in [1.82, 2.24) is 29.7 Å². The van der Waals surface area contributed by atoms with Crippen LogP contribution in [0.15, 0.2) is 30.6 Å². The minimum absolute atomic E-state index is 0.0596. The van der Waals surface area contributed by atoms with Gasteiger partial charge < -0.3 is 14.2 Å². The summed E-state index contributed by atoms with van der Waals surface area (Å²) in [4.78, 5) is 12.8. The standard InChI is InChI=1S/C24H32ClN7O5S/c1-5-18(19-10-6-7-12-37-19)32-23(17-9-8-11-20(28-17)35-3)29-30-24(32)31-38(33,34)15(2)21(36-4)22-26-13-16(25)14-27-22/h8-9,11,13-15,18-19,21H,5-7,10,12H2,1-4H3,(H,30,31)/t15-,18-,19+,21-/m0/s1. The number of hydrogen-bond acceptors (Lipinski definition) is 10. The first kappa shape index (κ1) is 28.1. The first-order chi connectivity index (χ1) is 18.3. The van der Waals surface area contributed by atoms with Crippen LogP contribution < -0.4 is 9.46 Å². The van der Waals surface area contributed by atoms with Gasteiger partial charge in [-0.2, -0.15) is 0 Å². The quantitative estimate of drug-likeness (QED) is 0.364. The van der Waals surface area contributed by atoms with Crippen LogP contribution in [0.1, 0.15) is 57.5 Å². The Morgan fingerprint density at radius 2 is 1.97 bits per heavy atom. The van der Waals surface area contributed by atoms with Crippen LogP contribution in [0.3, 0.4) is 0 Å². The van der Waals surface area contributed by atoms with Crippen molar-refractivity contribution in [3.63, 3.8) is 0 Å². The molecule has 0 aliphatic carbocycles. The van der Waals surface area contributed by atoms with Crippen molar-refractivity contribution >= 4 is 27.6 Å². The number of rotatable bonds is 11. The zero-order valence-electron chi connectivity index (χ0n) is 21.7. The highest BCUT2D eigenvalue weighted by atomic mass is 35.5. The molecule has 0 radical (unpaired) electrons. The van der Waals surface area contributed by atoms with Gasteiger partial charge >= 0.3 is 0 Å². The number of anilines is 1. The molecular formula is C24H32ClN7O5S. The van der Waals surface area contributed by atoms with E-state index in [1.54, 1.807) is 22.8 Å². The zero-order valence-corrected chi connectivity index (χ0v) is 23.3. The number of halogens is 1. The fourth-order valence-electron chi connectivity index (χ4n) is 4.54. The van der Waals surface area contributed by atoms with Gasteiger partial charge in [0.25, 0.3) is 0 Å². The van der Waals surface area contributed by atoms with Crippen LogP contribution >= 0.6 is 11.6 Å². The number of hydrogen-bond donors (Lipinski definition) is 1. The SMILES string of the molecule is CC[C@@H]([C@H]1CCCCO1)n1c(NS(=O)(=O)[C@@H](C)[C@H](OC)c2ncc(Cl)cn2)nnc1-c1cccc(OC)n1. The molecule has 0 spiro atoms. The van der Waals surface area contributed by atoms with E-state index in [0.29, 0.717) is 35.4 Å². The lowest BCUT2D eigenvalue weighted by molar-refractivity contribution is -0.0169. The average molecular weight is 566 g/mol. The van der Waals surface area contributed by atoms with E-state index in [2.05, 4.69) is 29.9 Å². The molecule has 4 atom stereocenters. The van der Waals surface area contributed by atoms with Gasteiger partial charge in [0, 0.05) is 32.2 Å². The monoisotopic (exact) mass is 565 g/mol. The van der Waals surface area contributed by atoms with Crippen LogP contribution in [-0.2, 0) is 19.5 Å². The van der Waals surface area contributed by atoms with E-state index in [-0.39, 0.29) is 23.9 Å². The van der Waals surface area contributed by atoms with Gasteiger partial charge in [-0.1, -0.05) is 24.6 Å². The third-order valence-electron chi connectivity index (χ3n) is 6.55. The summed E-state index contributed by atoms with van der Waals surface area (Å²) in [6, 6.07) is 5.05. The van der Waals surface area contributed by atoms with E-state index >= 15 is 0 Å². The predicted molar refractivity (Wildman–Crippen MR) is 142 cm³/mol. The molecule has 12 nitrogen and oxygen atoms in total. The van der Waals surface area contributed by atoms with Crippen molar-refractivity contribution in [2.45, 2.75) is 63.0 Å². The fraction of sp³-hybridized carbons (Fsp3) is 0.542. The summed E-state index contributed by atoms with van der Waals surface area (Å²) in [5.41, 5.74) is 0.494. The third kappa shape index (κ3) is 6.06. The fourth-order valence-corrected chi connectivity index (χ4v) is 5.78. The molecule has 3 aromatic heterocycles. The van der Waals surface area contributed by atoms with Crippen molar-refractivity contribution in [3.05, 3.63) is 41.4 Å². The van der Waals surface area contributed by atoms with E-state index in [9.17, 15) is 8.42 Å². The van der Waals surface area contributed by atoms with Crippen molar-refractivity contribution in [2.24, 2.45) is 0 Å². The van der Waals surface area contributed by atoms with Gasteiger partial charge in [0.05, 0.1) is 24.3 Å². The molecule has 4 heterocycles. The van der Waals surface area contributed by atoms with E-state index in [1.165, 1.54) is 33.5 Å². The third-order valence-corrected chi connectivity index (χ3v) is 8.44. The highest BCUT2D eigenvalue weighted by molar-refractivity contribution is 7.93. The van der Waals surface area contributed by atoms with Crippen LogP contribution in [0.4, 0.5) is 5.95 Å². The predicted octanol–water partition coefficient (Wildman–Crippen LogP) is 3.83. The lowest BCUT2D eigenvalue weighted by atomic mass is 9.99. The topological polar surface area (TPSA) is 143 Å². The lowest BCUT2D eigenvalue weighted by Gasteiger charge is -2.32. The Hall–Kier alpha value is -2.87. The van der Waals surface area contributed by atoms with Crippen LogP contribution in [0.25, 0.3) is 11.5 Å². The summed E-state index contributed by atoms with van der Waals surface area (Å²) in [5, 5.41) is 7.84. The molecule has 14 heteroatoms. The van der Waals surface area contributed by atoms with Gasteiger partial charge in [-0.15, -0.1) is 10.2 Å². The molecule has 0 amide bonds. The van der Waals surface area contributed by atoms with E-state index in [0.717, 1.165) is 19.3 Å². The minimum Gasteiger partial charge on any atom is -0.481 e. The summed E-state index contributed by atoms with van der Waals surface area (Å²) in [5.74, 6) is 1.06. The van der Waals surface area contributed by atoms with Gasteiger partial charge in [0.1, 0.15) is 17.0 Å². The molecular weight excluding hydrogens is 534 g/mol. The second-order valence-electron chi connectivity index (χ2n) is 8.93. The van der Waals surface area contributed by atoms with Crippen LogP contribution in [0.5, 0.6) is 5.88 Å². The molecule has 1 fully saturated rings. The normalized spacial score (nSPS) is 18.5. The molecule has 38 heavy (non-hydrogen) atoms. The molecule has 0 saturated carbocycles. The summed E-state index contributed by atoms with van der Waals surface area (Å²) in [6.45, 7) is 4.18. The van der Waals surface area contributed by atoms with Crippen LogP contribution in [0, 0.1) is 0 Å². The smallest absolute Gasteiger partial charge is 0.240 e. The Labute approximate surface area is 227 Å². The number of sulfonamides is 1. The number of methoxy groups -OCH3 is 2. The Kier molecular flexibility index (Phi) is 9.13. The number of ether oxygens (including phenoxy) is 3. The first-order valence-corrected chi connectivity index (χ1v) is 14.3. The molecule has 206 valence electrons. The molecule has 1 saturated heterocycles. The zero-order chi connectivity index (χ0) is 27.3. The van der Waals surface area contributed by atoms with Crippen molar-refractivity contribution in [3.8, 4) is 17.4 Å². The number of aromatic nitrogens is 6. The van der Waals surface area contributed by atoms with Gasteiger partial charge in [-0.25, -0.2) is 23.4 Å². The second kappa shape index (κ2) is 12.3. The highest BCUT2D eigenvalue weighted by Gasteiger charge is 2.36. The molecule has 0 bridgehead atoms. The maximum absolute atomic E-state index is 13.6. The second-order valence-corrected chi connectivity index (χ2v) is 11.4. The maximum Gasteiger partial charge on any atom is 0.240 e. The molecule has 0 unspecified atom stereocenters. The summed E-state index contributed by atoms with van der Waals surface area (Å²) < 4.78 is 48.5. The summed E-state index contributed by atoms with van der Waals surface area (Å²) in [7, 11) is -1.13. The molecule has 0 aromatic carbocycles. The van der Waals surface area contributed by atoms with Gasteiger partial charge in [0.2, 0.25) is 21.9 Å². The molecule has 3 aromatic rings. The van der Waals surface area contributed by atoms with E-state index in [1.807, 2.05) is 6.92 Å². The maximum atomic E-state index is 13.6. The largest absolute Gasteiger partial charge is 0.481 e. The van der Waals surface area contributed by atoms with E-state index < -0.39 is 21.4 Å². The Morgan fingerprint density at radius 3 is 2.61 bits per heavy atom. The van der Waals surface area contributed by atoms with Crippen LogP contribution in [0.2, 0.25) is 5.02 Å². The van der Waals surface area contributed by atoms with Crippen LogP contribution in [-0.4, -0.2) is 70.3 Å². The average Bonchev–Trinajstić information content (AvgIpc) is 3.33. The van der Waals surface area contributed by atoms with Gasteiger partial charge in [-0.3, -0.25) is 9.29 Å². The number of pyridine rings is 1. The molecule has 1 aliphatic rings. The first-order valence-electron chi connectivity index (χ1n) is 12.4. The molecule has 1 aliphatic heterocycles. The van der Waals surface area contributed by atoms with E-state index in [4.69, 9.17) is 25.8 Å². The Balaban J connectivity index is 1.73. The molecule has 4 rings (SSSR count). The Morgan fingerprint density at radius 1 is 1.21 bits per heavy atom. The summed E-state index contributed by atoms with van der Waals surface area (Å²) >= 11 is 5.90. The van der Waals surface area contributed by atoms with Crippen molar-refractivity contribution in [1.29, 1.82) is 0 Å². The molecule has 1 N–H and O–H groups in total. The van der Waals surface area contributed by atoms with Crippen molar-refractivity contribution in [2.75, 3.05) is 25.5 Å². The van der Waals surface area contributed by atoms with Gasteiger partial charge in [0.15, 0.2) is 11.6 Å². The number of nitrogens with one attached hydrogen (secondary N) is 1. The highest BCUT2D eigenvalue weighted by Crippen LogP contribution is 2.34. The Bertz CT molecular complexity index is 1320. The van der Waals surface area contributed by atoms with Gasteiger partial charge in [-0.05, 0) is 38.7 Å². The number of nitrogens with zero attached hydrogens (tertiary/aromatic N) is 6. The summed E-state index contributed by atoms with van der Waals surface area (Å²) in [6.07, 6.45) is 5.19.